The summed E-state index contributed by atoms with van der Waals surface area (Å²) in [6.45, 7) is 0.495. The molecule has 1 heterocycles. The van der Waals surface area contributed by atoms with E-state index in [4.69, 9.17) is 0 Å². The Balaban J connectivity index is 1.61. The summed E-state index contributed by atoms with van der Waals surface area (Å²) in [5, 5.41) is 18.1. The maximum Gasteiger partial charge on any atom is 0.227 e. The van der Waals surface area contributed by atoms with Gasteiger partial charge in [-0.1, -0.05) is 49.6 Å². The van der Waals surface area contributed by atoms with Gasteiger partial charge in [0.25, 0.3) is 0 Å². The van der Waals surface area contributed by atoms with Crippen LogP contribution in [0.4, 0.5) is 5.69 Å². The molecule has 158 valence electrons. The molecule has 30 heavy (non-hydrogen) atoms. The Hall–Kier alpha value is -2.63. The molecule has 0 unspecified atom stereocenters. The number of aromatic nitrogens is 1. The molecule has 0 spiro atoms. The van der Waals surface area contributed by atoms with Crippen molar-refractivity contribution in [1.29, 1.82) is 0 Å². The molecule has 1 amide bonds. The molecule has 0 aliphatic heterocycles. The lowest BCUT2D eigenvalue weighted by molar-refractivity contribution is -0.120. The van der Waals surface area contributed by atoms with Crippen LogP contribution in [0.2, 0.25) is 0 Å². The number of aliphatic hydroxyl groups excluding tert-OH is 1. The summed E-state index contributed by atoms with van der Waals surface area (Å²) in [6.07, 6.45) is 6.97. The lowest BCUT2D eigenvalue weighted by atomic mass is 9.88. The predicted molar refractivity (Wildman–Crippen MR) is 122 cm³/mol. The lowest BCUT2D eigenvalue weighted by Crippen LogP contribution is -2.33. The van der Waals surface area contributed by atoms with Crippen LogP contribution < -0.4 is 10.6 Å². The smallest absolute Gasteiger partial charge is 0.227 e. The highest BCUT2D eigenvalue weighted by Gasteiger charge is 2.24. The number of aliphatic hydroxyl groups is 1. The molecule has 1 aliphatic rings. The van der Waals surface area contributed by atoms with Crippen molar-refractivity contribution in [3.63, 3.8) is 0 Å². The fraction of sp³-hybridized carbons (Fsp3) is 0.400. The average Bonchev–Trinajstić information content (AvgIpc) is 3.18. The summed E-state index contributed by atoms with van der Waals surface area (Å²) in [6, 6.07) is 18.0. The fourth-order valence-corrected chi connectivity index (χ4v) is 4.63. The number of carbonyl (C=O) groups excluding carboxylic acids is 1. The van der Waals surface area contributed by atoms with Crippen LogP contribution in [0.3, 0.4) is 0 Å². The van der Waals surface area contributed by atoms with Gasteiger partial charge in [0.05, 0.1) is 12.1 Å². The Morgan fingerprint density at radius 3 is 2.60 bits per heavy atom. The van der Waals surface area contributed by atoms with E-state index in [0.29, 0.717) is 6.54 Å². The Kier molecular flexibility index (Phi) is 6.50. The molecule has 2 atom stereocenters. The monoisotopic (exact) mass is 405 g/mol. The van der Waals surface area contributed by atoms with Crippen LogP contribution in [0.1, 0.15) is 43.7 Å². The second-order valence-corrected chi connectivity index (χ2v) is 8.30. The molecule has 1 fully saturated rings. The molecule has 3 N–H and O–H groups in total. The molecule has 0 saturated heterocycles. The minimum atomic E-state index is -0.571. The van der Waals surface area contributed by atoms with Gasteiger partial charge in [-0.3, -0.25) is 4.79 Å². The summed E-state index contributed by atoms with van der Waals surface area (Å²) >= 11 is 0. The Morgan fingerprint density at radius 1 is 1.10 bits per heavy atom. The van der Waals surface area contributed by atoms with E-state index in [0.717, 1.165) is 47.8 Å². The zero-order valence-corrected chi connectivity index (χ0v) is 17.6. The minimum absolute atomic E-state index is 0.137. The van der Waals surface area contributed by atoms with E-state index >= 15 is 0 Å². The van der Waals surface area contributed by atoms with Crippen molar-refractivity contribution in [3.05, 3.63) is 66.4 Å². The zero-order chi connectivity index (χ0) is 20.9. The van der Waals surface area contributed by atoms with Crippen molar-refractivity contribution < 1.29 is 9.90 Å². The van der Waals surface area contributed by atoms with Crippen molar-refractivity contribution in [2.75, 3.05) is 18.9 Å². The summed E-state index contributed by atoms with van der Waals surface area (Å²) in [5.41, 5.74) is 2.94. The number of nitrogens with one attached hydrogen (secondary N) is 2. The lowest BCUT2D eigenvalue weighted by Gasteiger charge is -2.26. The number of nitrogens with zero attached hydrogens (tertiary/aromatic N) is 1. The van der Waals surface area contributed by atoms with Gasteiger partial charge in [0.2, 0.25) is 5.91 Å². The van der Waals surface area contributed by atoms with E-state index in [9.17, 15) is 9.90 Å². The standard InChI is InChI=1S/C25H31N3O2/c1-26-17-23(29)24(18-8-4-2-5-9-18)28-15-14-20-16-21(12-13-22(20)28)27-25(30)19-10-6-3-7-11-19/h2,4-5,8-9,12-16,19,23-24,26,29H,3,6-7,10-11,17H2,1H3,(H,27,30)/t23-,24-/m0/s1. The third-order valence-corrected chi connectivity index (χ3v) is 6.18. The van der Waals surface area contributed by atoms with Gasteiger partial charge in [-0.05, 0) is 49.7 Å². The number of fused-ring (bicyclic) bond motifs is 1. The largest absolute Gasteiger partial charge is 0.389 e. The molecule has 0 bridgehead atoms. The third kappa shape index (κ3) is 4.42. The summed E-state index contributed by atoms with van der Waals surface area (Å²) < 4.78 is 2.12. The predicted octanol–water partition coefficient (Wildman–Crippen LogP) is 4.33. The van der Waals surface area contributed by atoms with Crippen molar-refractivity contribution in [1.82, 2.24) is 9.88 Å². The first-order valence-corrected chi connectivity index (χ1v) is 11.0. The van der Waals surface area contributed by atoms with Gasteiger partial charge in [-0.2, -0.15) is 0 Å². The van der Waals surface area contributed by atoms with E-state index in [1.54, 1.807) is 0 Å². The number of benzene rings is 2. The van der Waals surface area contributed by atoms with Crippen LogP contribution in [0, 0.1) is 5.92 Å². The van der Waals surface area contributed by atoms with E-state index < -0.39 is 6.10 Å². The van der Waals surface area contributed by atoms with E-state index in [1.807, 2.05) is 67.8 Å². The highest BCUT2D eigenvalue weighted by atomic mass is 16.3. The maximum atomic E-state index is 12.6. The molecule has 4 rings (SSSR count). The van der Waals surface area contributed by atoms with Crippen LogP contribution in [-0.2, 0) is 4.79 Å². The second kappa shape index (κ2) is 9.45. The van der Waals surface area contributed by atoms with Crippen molar-refractivity contribution in [2.45, 2.75) is 44.2 Å². The normalized spacial score (nSPS) is 17.0. The fourth-order valence-electron chi connectivity index (χ4n) is 4.63. The molecule has 5 heteroatoms. The first kappa shape index (κ1) is 20.6. The second-order valence-electron chi connectivity index (χ2n) is 8.30. The zero-order valence-electron chi connectivity index (χ0n) is 17.6. The molecular formula is C25H31N3O2. The van der Waals surface area contributed by atoms with E-state index in [1.165, 1.54) is 6.42 Å². The Labute approximate surface area is 178 Å². The Bertz CT molecular complexity index is 976. The number of hydrogen-bond acceptors (Lipinski definition) is 3. The quantitative estimate of drug-likeness (QED) is 0.548. The molecule has 0 radical (unpaired) electrons. The number of likely N-dealkylation sites (N-methyl/N-ethyl adjacent to an activating group) is 1. The van der Waals surface area contributed by atoms with Crippen LogP contribution in [0.25, 0.3) is 10.9 Å². The van der Waals surface area contributed by atoms with Crippen LogP contribution >= 0.6 is 0 Å². The van der Waals surface area contributed by atoms with Crippen molar-refractivity contribution in [2.24, 2.45) is 5.92 Å². The van der Waals surface area contributed by atoms with Gasteiger partial charge >= 0.3 is 0 Å². The maximum absolute atomic E-state index is 12.6. The summed E-state index contributed by atoms with van der Waals surface area (Å²) in [7, 11) is 1.85. The van der Waals surface area contributed by atoms with E-state index in [2.05, 4.69) is 15.2 Å². The minimum Gasteiger partial charge on any atom is -0.389 e. The van der Waals surface area contributed by atoms with Crippen LogP contribution in [-0.4, -0.2) is 35.3 Å². The van der Waals surface area contributed by atoms with Crippen LogP contribution in [0.5, 0.6) is 0 Å². The molecule has 1 saturated carbocycles. The first-order chi connectivity index (χ1) is 14.7. The summed E-state index contributed by atoms with van der Waals surface area (Å²) in [5.74, 6) is 0.276. The highest BCUT2D eigenvalue weighted by molar-refractivity contribution is 5.95. The van der Waals surface area contributed by atoms with Gasteiger partial charge in [0.1, 0.15) is 0 Å². The number of amides is 1. The molecule has 3 aromatic rings. The number of carbonyl (C=O) groups is 1. The molecular weight excluding hydrogens is 374 g/mol. The van der Waals surface area contributed by atoms with Crippen LogP contribution in [0.15, 0.2) is 60.8 Å². The third-order valence-electron chi connectivity index (χ3n) is 6.18. The molecule has 2 aromatic carbocycles. The topological polar surface area (TPSA) is 66.3 Å². The molecule has 1 aliphatic carbocycles. The molecule has 1 aromatic heterocycles. The number of rotatable bonds is 7. The highest BCUT2D eigenvalue weighted by Crippen LogP contribution is 2.30. The SMILES string of the molecule is CNC[C@H](O)[C@H](c1ccccc1)n1ccc2cc(NC(=O)C3CCCCC3)ccc21. The number of anilines is 1. The van der Waals surface area contributed by atoms with Gasteiger partial charge in [-0.25, -0.2) is 0 Å². The van der Waals surface area contributed by atoms with Crippen molar-refractivity contribution in [3.8, 4) is 0 Å². The van der Waals surface area contributed by atoms with Gasteiger partial charge in [0, 0.05) is 35.2 Å². The number of hydrogen-bond donors (Lipinski definition) is 3. The molecule has 5 nitrogen and oxygen atoms in total. The van der Waals surface area contributed by atoms with Crippen molar-refractivity contribution >= 4 is 22.5 Å². The Morgan fingerprint density at radius 2 is 1.87 bits per heavy atom. The van der Waals surface area contributed by atoms with Gasteiger partial charge < -0.3 is 20.3 Å². The average molecular weight is 406 g/mol. The van der Waals surface area contributed by atoms with Gasteiger partial charge in [-0.15, -0.1) is 0 Å². The first-order valence-electron chi connectivity index (χ1n) is 11.0. The summed E-state index contributed by atoms with van der Waals surface area (Å²) in [4.78, 5) is 12.6. The van der Waals surface area contributed by atoms with Gasteiger partial charge in [0.15, 0.2) is 0 Å². The van der Waals surface area contributed by atoms with E-state index in [-0.39, 0.29) is 17.9 Å².